The molecule has 0 aliphatic carbocycles. The monoisotopic (exact) mass is 260 g/mol. The molecule has 6 nitrogen and oxygen atoms in total. The van der Waals surface area contributed by atoms with Crippen LogP contribution in [0.2, 0.25) is 0 Å². The second-order valence-electron chi connectivity index (χ2n) is 4.95. The van der Waals surface area contributed by atoms with E-state index in [0.29, 0.717) is 0 Å². The molecule has 1 aliphatic heterocycles. The van der Waals surface area contributed by atoms with Crippen LogP contribution in [-0.2, 0) is 7.05 Å². The van der Waals surface area contributed by atoms with E-state index in [2.05, 4.69) is 10.00 Å². The molecule has 1 aromatic heterocycles. The minimum Gasteiger partial charge on any atom is -0.355 e. The Hall–Kier alpha value is -2.11. The second-order valence-corrected chi connectivity index (χ2v) is 4.95. The topological polar surface area (TPSA) is 64.2 Å². The van der Waals surface area contributed by atoms with Crippen LogP contribution in [-0.4, -0.2) is 27.8 Å². The first-order valence-electron chi connectivity index (χ1n) is 6.53. The quantitative estimate of drug-likeness (QED) is 0.614. The van der Waals surface area contributed by atoms with Crippen LogP contribution in [0.1, 0.15) is 19.3 Å². The Kier molecular flexibility index (Phi) is 2.85. The SMILES string of the molecule is Cn1nc(N2CCCCC2)c2ccc([N+](=O)[O-])cc21. The van der Waals surface area contributed by atoms with Crippen molar-refractivity contribution in [3.05, 3.63) is 28.3 Å². The van der Waals surface area contributed by atoms with Gasteiger partial charge < -0.3 is 4.90 Å². The molecule has 0 spiro atoms. The summed E-state index contributed by atoms with van der Waals surface area (Å²) in [5, 5.41) is 16.4. The molecule has 6 heteroatoms. The Bertz CT molecular complexity index is 629. The fraction of sp³-hybridized carbons (Fsp3) is 0.462. The van der Waals surface area contributed by atoms with E-state index in [9.17, 15) is 10.1 Å². The number of nitrogens with zero attached hydrogens (tertiary/aromatic N) is 4. The normalized spacial score (nSPS) is 15.9. The van der Waals surface area contributed by atoms with Crippen LogP contribution in [0, 0.1) is 10.1 Å². The number of benzene rings is 1. The van der Waals surface area contributed by atoms with E-state index in [4.69, 9.17) is 0 Å². The van der Waals surface area contributed by atoms with Gasteiger partial charge in [-0.25, -0.2) is 0 Å². The first kappa shape index (κ1) is 12.0. The van der Waals surface area contributed by atoms with Gasteiger partial charge in [-0.3, -0.25) is 14.8 Å². The minimum absolute atomic E-state index is 0.112. The summed E-state index contributed by atoms with van der Waals surface area (Å²) in [6, 6.07) is 4.96. The smallest absolute Gasteiger partial charge is 0.271 e. The van der Waals surface area contributed by atoms with Gasteiger partial charge in [0.25, 0.3) is 5.69 Å². The number of rotatable bonds is 2. The van der Waals surface area contributed by atoms with Crippen molar-refractivity contribution in [2.45, 2.75) is 19.3 Å². The largest absolute Gasteiger partial charge is 0.355 e. The number of nitro groups is 1. The van der Waals surface area contributed by atoms with Gasteiger partial charge in [-0.05, 0) is 25.3 Å². The van der Waals surface area contributed by atoms with E-state index in [1.54, 1.807) is 16.8 Å². The summed E-state index contributed by atoms with van der Waals surface area (Å²) in [4.78, 5) is 12.7. The highest BCUT2D eigenvalue weighted by molar-refractivity contribution is 5.92. The number of fused-ring (bicyclic) bond motifs is 1. The van der Waals surface area contributed by atoms with Crippen LogP contribution in [0.5, 0.6) is 0 Å². The van der Waals surface area contributed by atoms with E-state index in [1.807, 2.05) is 13.1 Å². The highest BCUT2D eigenvalue weighted by Gasteiger charge is 2.19. The first-order chi connectivity index (χ1) is 9.16. The highest BCUT2D eigenvalue weighted by Crippen LogP contribution is 2.30. The van der Waals surface area contributed by atoms with Crippen molar-refractivity contribution in [2.75, 3.05) is 18.0 Å². The number of hydrogen-bond donors (Lipinski definition) is 0. The first-order valence-corrected chi connectivity index (χ1v) is 6.53. The third-order valence-corrected chi connectivity index (χ3v) is 3.68. The van der Waals surface area contributed by atoms with Crippen molar-refractivity contribution >= 4 is 22.4 Å². The number of aromatic nitrogens is 2. The van der Waals surface area contributed by atoms with Crippen LogP contribution < -0.4 is 4.90 Å². The molecule has 1 aliphatic rings. The molecule has 0 unspecified atom stereocenters. The maximum absolute atomic E-state index is 10.8. The van der Waals surface area contributed by atoms with E-state index < -0.39 is 0 Å². The molecule has 3 rings (SSSR count). The number of aryl methyl sites for hydroxylation is 1. The second kappa shape index (κ2) is 4.53. The molecule has 2 aromatic rings. The minimum atomic E-state index is -0.368. The molecule has 0 saturated carbocycles. The fourth-order valence-electron chi connectivity index (χ4n) is 2.68. The third-order valence-electron chi connectivity index (χ3n) is 3.68. The fourth-order valence-corrected chi connectivity index (χ4v) is 2.68. The van der Waals surface area contributed by atoms with Gasteiger partial charge in [0, 0.05) is 37.7 Å². The Morgan fingerprint density at radius 3 is 2.68 bits per heavy atom. The van der Waals surface area contributed by atoms with Crippen molar-refractivity contribution < 1.29 is 4.92 Å². The summed E-state index contributed by atoms with van der Waals surface area (Å²) < 4.78 is 1.73. The third kappa shape index (κ3) is 2.03. The van der Waals surface area contributed by atoms with E-state index in [-0.39, 0.29) is 10.6 Å². The average molecular weight is 260 g/mol. The summed E-state index contributed by atoms with van der Waals surface area (Å²) in [7, 11) is 1.83. The van der Waals surface area contributed by atoms with E-state index in [0.717, 1.165) is 29.8 Å². The van der Waals surface area contributed by atoms with E-state index in [1.165, 1.54) is 19.3 Å². The van der Waals surface area contributed by atoms with Gasteiger partial charge in [0.15, 0.2) is 5.82 Å². The molecular formula is C13H16N4O2. The molecule has 0 bridgehead atoms. The molecule has 0 atom stereocenters. The zero-order chi connectivity index (χ0) is 13.4. The molecule has 0 N–H and O–H groups in total. The lowest BCUT2D eigenvalue weighted by Crippen LogP contribution is -2.29. The molecule has 1 fully saturated rings. The summed E-state index contributed by atoms with van der Waals surface area (Å²) in [5.41, 5.74) is 0.926. The number of piperidine rings is 1. The lowest BCUT2D eigenvalue weighted by atomic mass is 10.1. The van der Waals surface area contributed by atoms with Crippen molar-refractivity contribution in [1.82, 2.24) is 9.78 Å². The molecule has 1 saturated heterocycles. The summed E-state index contributed by atoms with van der Waals surface area (Å²) >= 11 is 0. The Morgan fingerprint density at radius 1 is 1.26 bits per heavy atom. The summed E-state index contributed by atoms with van der Waals surface area (Å²) in [6.45, 7) is 2.03. The Morgan fingerprint density at radius 2 is 2.00 bits per heavy atom. The van der Waals surface area contributed by atoms with Crippen LogP contribution in [0.3, 0.4) is 0 Å². The van der Waals surface area contributed by atoms with Crippen LogP contribution in [0.15, 0.2) is 18.2 Å². The van der Waals surface area contributed by atoms with Gasteiger partial charge >= 0.3 is 0 Å². The van der Waals surface area contributed by atoms with Gasteiger partial charge in [-0.1, -0.05) is 0 Å². The predicted molar refractivity (Wildman–Crippen MR) is 73.4 cm³/mol. The predicted octanol–water partition coefficient (Wildman–Crippen LogP) is 2.47. The van der Waals surface area contributed by atoms with Crippen LogP contribution >= 0.6 is 0 Å². The standard InChI is InChI=1S/C13H16N4O2/c1-15-12-9-10(17(18)19)5-6-11(12)13(14-15)16-7-3-2-4-8-16/h5-6,9H,2-4,7-8H2,1H3. The molecule has 19 heavy (non-hydrogen) atoms. The number of non-ortho nitro benzene ring substituents is 1. The maximum Gasteiger partial charge on any atom is 0.271 e. The zero-order valence-corrected chi connectivity index (χ0v) is 10.9. The molecule has 0 amide bonds. The lowest BCUT2D eigenvalue weighted by molar-refractivity contribution is -0.384. The van der Waals surface area contributed by atoms with Gasteiger partial charge in [-0.15, -0.1) is 0 Å². The van der Waals surface area contributed by atoms with Crippen molar-refractivity contribution in [1.29, 1.82) is 0 Å². The average Bonchev–Trinajstić information content (AvgIpc) is 2.77. The van der Waals surface area contributed by atoms with Crippen molar-refractivity contribution in [3.8, 4) is 0 Å². The number of nitro benzene ring substituents is 1. The van der Waals surface area contributed by atoms with E-state index >= 15 is 0 Å². The Balaban J connectivity index is 2.08. The maximum atomic E-state index is 10.8. The number of anilines is 1. The molecule has 2 heterocycles. The summed E-state index contributed by atoms with van der Waals surface area (Å²) in [6.07, 6.45) is 3.64. The molecule has 1 aromatic carbocycles. The Labute approximate surface area is 110 Å². The van der Waals surface area contributed by atoms with Crippen LogP contribution in [0.4, 0.5) is 11.5 Å². The molecular weight excluding hydrogens is 244 g/mol. The van der Waals surface area contributed by atoms with Crippen molar-refractivity contribution in [3.63, 3.8) is 0 Å². The molecule has 100 valence electrons. The van der Waals surface area contributed by atoms with Crippen LogP contribution in [0.25, 0.3) is 10.9 Å². The zero-order valence-electron chi connectivity index (χ0n) is 10.9. The van der Waals surface area contributed by atoms with Gasteiger partial charge in [0.05, 0.1) is 10.4 Å². The lowest BCUT2D eigenvalue weighted by Gasteiger charge is -2.26. The summed E-state index contributed by atoms with van der Waals surface area (Å²) in [5.74, 6) is 0.951. The van der Waals surface area contributed by atoms with Gasteiger partial charge in [0.1, 0.15) is 0 Å². The van der Waals surface area contributed by atoms with Gasteiger partial charge in [0.2, 0.25) is 0 Å². The highest BCUT2D eigenvalue weighted by atomic mass is 16.6. The molecule has 0 radical (unpaired) electrons. The van der Waals surface area contributed by atoms with Gasteiger partial charge in [-0.2, -0.15) is 5.10 Å². The number of hydrogen-bond acceptors (Lipinski definition) is 4. The van der Waals surface area contributed by atoms with Crippen molar-refractivity contribution in [2.24, 2.45) is 7.05 Å².